The Morgan fingerprint density at radius 1 is 1.11 bits per heavy atom. The topological polar surface area (TPSA) is 69.3 Å². The van der Waals surface area contributed by atoms with Crippen molar-refractivity contribution in [2.45, 2.75) is 20.8 Å². The van der Waals surface area contributed by atoms with Gasteiger partial charge in [0, 0.05) is 26.2 Å². The molecule has 0 atom stereocenters. The minimum Gasteiger partial charge on any atom is -0.335 e. The van der Waals surface area contributed by atoms with Gasteiger partial charge in [-0.25, -0.2) is 4.39 Å². The van der Waals surface area contributed by atoms with E-state index in [1.165, 1.54) is 28.8 Å². The molecule has 2 aromatic carbocycles. The molecule has 0 radical (unpaired) electrons. The van der Waals surface area contributed by atoms with Crippen molar-refractivity contribution < 1.29 is 9.18 Å². The Hall–Kier alpha value is -3.54. The Balaban J connectivity index is 1.94. The number of carbonyl (C=O) groups is 1. The lowest BCUT2D eigenvalue weighted by atomic mass is 10.1. The molecule has 0 N–H and O–H groups in total. The fraction of sp³-hybridized carbons (Fsp3) is 0.296. The third-order valence-corrected chi connectivity index (χ3v) is 7.37. The zero-order chi connectivity index (χ0) is 25.1. The van der Waals surface area contributed by atoms with Crippen molar-refractivity contribution in [1.29, 1.82) is 5.26 Å². The van der Waals surface area contributed by atoms with E-state index in [-0.39, 0.29) is 15.8 Å². The molecule has 0 saturated carbocycles. The zero-order valence-corrected chi connectivity index (χ0v) is 20.9. The van der Waals surface area contributed by atoms with Crippen molar-refractivity contribution in [2.24, 2.45) is 0 Å². The van der Waals surface area contributed by atoms with Crippen LogP contribution in [0.15, 0.2) is 47.3 Å². The van der Waals surface area contributed by atoms with Gasteiger partial charge in [-0.1, -0.05) is 30.7 Å². The molecule has 1 aromatic heterocycles. The maximum atomic E-state index is 13.6. The quantitative estimate of drug-likeness (QED) is 0.563. The van der Waals surface area contributed by atoms with Crippen LogP contribution in [0, 0.1) is 31.0 Å². The molecule has 1 aliphatic rings. The van der Waals surface area contributed by atoms with Crippen LogP contribution in [-0.2, 0) is 4.79 Å². The number of hydrogen-bond acceptors (Lipinski definition) is 5. The van der Waals surface area contributed by atoms with E-state index in [1.54, 1.807) is 11.0 Å². The smallest absolute Gasteiger partial charge is 0.273 e. The van der Waals surface area contributed by atoms with Crippen LogP contribution < -0.4 is 14.8 Å². The number of nitrogens with zero attached hydrogens (tertiary/aromatic N) is 4. The number of hydrogen-bond donors (Lipinski definition) is 0. The molecule has 6 nitrogen and oxygen atoms in total. The molecule has 1 amide bonds. The van der Waals surface area contributed by atoms with Crippen LogP contribution in [0.2, 0.25) is 0 Å². The molecule has 35 heavy (non-hydrogen) atoms. The number of nitriles is 1. The molecule has 0 aliphatic carbocycles. The molecule has 1 saturated heterocycles. The van der Waals surface area contributed by atoms with Gasteiger partial charge in [0.15, 0.2) is 5.57 Å². The van der Waals surface area contributed by atoms with Crippen molar-refractivity contribution in [2.75, 3.05) is 32.7 Å². The van der Waals surface area contributed by atoms with Gasteiger partial charge in [0.1, 0.15) is 16.5 Å². The van der Waals surface area contributed by atoms with Crippen LogP contribution in [0.1, 0.15) is 23.6 Å². The van der Waals surface area contributed by atoms with Crippen molar-refractivity contribution in [3.05, 3.63) is 84.5 Å². The van der Waals surface area contributed by atoms with Crippen molar-refractivity contribution >= 4 is 28.9 Å². The number of likely N-dealkylation sites (N-methyl/N-ethyl adjacent to an activating group) is 1. The molecular formula is C27H27FN4O2S. The Bertz CT molecular complexity index is 1470. The summed E-state index contributed by atoms with van der Waals surface area (Å²) in [6.07, 6.45) is 1.79. The number of piperazine rings is 1. The fourth-order valence-electron chi connectivity index (χ4n) is 4.14. The lowest BCUT2D eigenvalue weighted by Crippen LogP contribution is -2.49. The van der Waals surface area contributed by atoms with Crippen LogP contribution >= 0.6 is 11.3 Å². The molecule has 4 rings (SSSR count). The predicted octanol–water partition coefficient (Wildman–Crippen LogP) is 2.32. The molecule has 1 aliphatic heterocycles. The first-order valence-corrected chi connectivity index (χ1v) is 12.4. The van der Waals surface area contributed by atoms with Crippen molar-refractivity contribution in [3.8, 4) is 11.8 Å². The summed E-state index contributed by atoms with van der Waals surface area (Å²) in [5.41, 5.74) is 2.92. The van der Waals surface area contributed by atoms with Gasteiger partial charge in [-0.2, -0.15) is 5.26 Å². The van der Waals surface area contributed by atoms with E-state index >= 15 is 0 Å². The second-order valence-electron chi connectivity index (χ2n) is 8.61. The molecule has 1 fully saturated rings. The average Bonchev–Trinajstić information content (AvgIpc) is 3.17. The van der Waals surface area contributed by atoms with Crippen molar-refractivity contribution in [3.63, 3.8) is 0 Å². The van der Waals surface area contributed by atoms with Gasteiger partial charge in [-0.05, 0) is 61.9 Å². The second-order valence-corrected chi connectivity index (χ2v) is 9.64. The second kappa shape index (κ2) is 10.4. The number of aryl methyl sites for hydroxylation is 2. The van der Waals surface area contributed by atoms with Crippen LogP contribution in [0.25, 0.3) is 17.3 Å². The minimum absolute atomic E-state index is 0.0815. The standard InChI is InChI=1S/C27H27FN4O2S/c1-4-30-11-13-31(14-12-30)25(33)23(17-29)27-32(22-9-7-21(28)8-10-22)26(34)24(35-27)16-20-15-18(2)5-6-19(20)3/h5-10,15-16H,4,11-14H2,1-3H3. The highest BCUT2D eigenvalue weighted by Gasteiger charge is 2.25. The number of benzene rings is 2. The summed E-state index contributed by atoms with van der Waals surface area (Å²) < 4.78 is 15.6. The van der Waals surface area contributed by atoms with Gasteiger partial charge < -0.3 is 9.80 Å². The third kappa shape index (κ3) is 5.11. The summed E-state index contributed by atoms with van der Waals surface area (Å²) in [6.45, 7) is 9.44. The van der Waals surface area contributed by atoms with Crippen molar-refractivity contribution in [1.82, 2.24) is 14.4 Å². The highest BCUT2D eigenvalue weighted by atomic mass is 32.1. The summed E-state index contributed by atoms with van der Waals surface area (Å²) in [7, 11) is 0. The largest absolute Gasteiger partial charge is 0.335 e. The average molecular weight is 491 g/mol. The van der Waals surface area contributed by atoms with Gasteiger partial charge in [0.25, 0.3) is 11.5 Å². The molecule has 2 heterocycles. The maximum Gasteiger partial charge on any atom is 0.273 e. The monoisotopic (exact) mass is 490 g/mol. The van der Waals surface area contributed by atoms with E-state index in [2.05, 4.69) is 17.9 Å². The van der Waals surface area contributed by atoms with E-state index in [9.17, 15) is 19.2 Å². The van der Waals surface area contributed by atoms with Crippen LogP contribution in [0.5, 0.6) is 0 Å². The first kappa shape index (κ1) is 24.6. The van der Waals surface area contributed by atoms with Gasteiger partial charge in [-0.15, -0.1) is 11.3 Å². The van der Waals surface area contributed by atoms with Crippen LogP contribution in [0.3, 0.4) is 0 Å². The Morgan fingerprint density at radius 2 is 1.80 bits per heavy atom. The minimum atomic E-state index is -0.435. The van der Waals surface area contributed by atoms with Gasteiger partial charge in [0.2, 0.25) is 0 Å². The van der Waals surface area contributed by atoms with E-state index in [0.717, 1.165) is 47.7 Å². The number of aromatic nitrogens is 1. The SMILES string of the molecule is CCN1CCN(C(=O)C(C#N)=c2sc(=Cc3cc(C)ccc3C)c(=O)n2-c2ccc(F)cc2)CC1. The maximum absolute atomic E-state index is 13.6. The Kier molecular flexibility index (Phi) is 7.29. The summed E-state index contributed by atoms with van der Waals surface area (Å²) in [6, 6.07) is 13.5. The number of carbonyl (C=O) groups excluding carboxylic acids is 1. The summed E-state index contributed by atoms with van der Waals surface area (Å²) >= 11 is 1.11. The number of halogens is 1. The lowest BCUT2D eigenvalue weighted by molar-refractivity contribution is -0.126. The molecule has 180 valence electrons. The van der Waals surface area contributed by atoms with E-state index < -0.39 is 11.7 Å². The van der Waals surface area contributed by atoms with E-state index in [0.29, 0.717) is 23.3 Å². The molecular weight excluding hydrogens is 463 g/mol. The highest BCUT2D eigenvalue weighted by Crippen LogP contribution is 2.12. The van der Waals surface area contributed by atoms with Crippen LogP contribution in [-0.4, -0.2) is 53.0 Å². The normalized spacial score (nSPS) is 15.7. The summed E-state index contributed by atoms with van der Waals surface area (Å²) in [5, 5.41) is 10.0. The molecule has 8 heteroatoms. The Labute approximate surface area is 207 Å². The van der Waals surface area contributed by atoms with E-state index in [4.69, 9.17) is 0 Å². The third-order valence-electron chi connectivity index (χ3n) is 6.28. The number of amides is 1. The Morgan fingerprint density at radius 3 is 2.43 bits per heavy atom. The molecule has 0 spiro atoms. The first-order chi connectivity index (χ1) is 16.8. The van der Waals surface area contributed by atoms with Gasteiger partial charge in [0.05, 0.1) is 10.2 Å². The van der Waals surface area contributed by atoms with Gasteiger partial charge in [-0.3, -0.25) is 14.2 Å². The predicted molar refractivity (Wildman–Crippen MR) is 136 cm³/mol. The van der Waals surface area contributed by atoms with E-state index in [1.807, 2.05) is 32.0 Å². The summed E-state index contributed by atoms with van der Waals surface area (Å²) in [4.78, 5) is 30.9. The number of rotatable bonds is 4. The molecule has 0 bridgehead atoms. The molecule has 0 unspecified atom stereocenters. The van der Waals surface area contributed by atoms with Crippen LogP contribution in [0.4, 0.5) is 4.39 Å². The fourth-order valence-corrected chi connectivity index (χ4v) is 5.23. The summed E-state index contributed by atoms with van der Waals surface area (Å²) in [5.74, 6) is -0.825. The number of thiazole rings is 1. The highest BCUT2D eigenvalue weighted by molar-refractivity contribution is 7.07. The zero-order valence-electron chi connectivity index (χ0n) is 20.0. The lowest BCUT2D eigenvalue weighted by Gasteiger charge is -2.33. The molecule has 3 aromatic rings. The first-order valence-electron chi connectivity index (χ1n) is 11.5. The van der Waals surface area contributed by atoms with Gasteiger partial charge >= 0.3 is 0 Å².